The molecule has 0 atom stereocenters. The lowest BCUT2D eigenvalue weighted by Gasteiger charge is -2.30. The van der Waals surface area contributed by atoms with Crippen LogP contribution in [0.25, 0.3) is 0 Å². The molecule has 2 aliphatic rings. The van der Waals surface area contributed by atoms with Crippen LogP contribution in [0.1, 0.15) is 27.3 Å². The second kappa shape index (κ2) is 5.59. The summed E-state index contributed by atoms with van der Waals surface area (Å²) >= 11 is 0. The number of aromatic nitrogens is 1. The van der Waals surface area contributed by atoms with Crippen LogP contribution in [0.15, 0.2) is 24.3 Å². The van der Waals surface area contributed by atoms with Gasteiger partial charge in [0.15, 0.2) is 24.6 Å². The van der Waals surface area contributed by atoms with E-state index in [4.69, 9.17) is 9.47 Å². The number of carbonyl (C=O) groups excluding carboxylic acids is 2. The fraction of sp³-hybridized carbons (Fsp3) is 0.294. The van der Waals surface area contributed by atoms with Crippen molar-refractivity contribution in [2.24, 2.45) is 0 Å². The highest BCUT2D eigenvalue weighted by Crippen LogP contribution is 2.40. The van der Waals surface area contributed by atoms with Gasteiger partial charge in [0.2, 0.25) is 0 Å². The SMILES string of the molecule is COc1cc(N2COc3cc(C(=O)N4CCC4)[nH]c32)ccc1C=O. The van der Waals surface area contributed by atoms with Crippen LogP contribution >= 0.6 is 0 Å². The Morgan fingerprint density at radius 3 is 2.83 bits per heavy atom. The van der Waals surface area contributed by atoms with Crippen molar-refractivity contribution >= 4 is 23.7 Å². The molecule has 124 valence electrons. The number of hydrogen-bond acceptors (Lipinski definition) is 5. The number of nitrogens with one attached hydrogen (secondary N) is 1. The summed E-state index contributed by atoms with van der Waals surface area (Å²) in [4.78, 5) is 30.2. The Morgan fingerprint density at radius 1 is 1.33 bits per heavy atom. The van der Waals surface area contributed by atoms with E-state index in [-0.39, 0.29) is 5.91 Å². The van der Waals surface area contributed by atoms with E-state index < -0.39 is 0 Å². The van der Waals surface area contributed by atoms with Gasteiger partial charge in [-0.3, -0.25) is 14.5 Å². The van der Waals surface area contributed by atoms with Crippen LogP contribution < -0.4 is 14.4 Å². The maximum Gasteiger partial charge on any atom is 0.270 e. The molecule has 7 heteroatoms. The number of carbonyl (C=O) groups is 2. The second-order valence-corrected chi connectivity index (χ2v) is 5.79. The number of hydrogen-bond donors (Lipinski definition) is 1. The standard InChI is InChI=1S/C17H17N3O4/c1-23-14-7-12(4-3-11(14)9-21)20-10-24-15-8-13(18-16(15)20)17(22)19-5-2-6-19/h3-4,7-9,18H,2,5-6,10H2,1H3. The first-order valence-corrected chi connectivity index (χ1v) is 7.77. The van der Waals surface area contributed by atoms with Gasteiger partial charge in [-0.25, -0.2) is 0 Å². The Labute approximate surface area is 138 Å². The topological polar surface area (TPSA) is 74.9 Å². The number of amides is 1. The van der Waals surface area contributed by atoms with Crippen LogP contribution in [0.3, 0.4) is 0 Å². The van der Waals surface area contributed by atoms with Gasteiger partial charge in [-0.15, -0.1) is 0 Å². The van der Waals surface area contributed by atoms with E-state index in [1.54, 1.807) is 23.1 Å². The van der Waals surface area contributed by atoms with Gasteiger partial charge in [0, 0.05) is 30.9 Å². The largest absolute Gasteiger partial charge is 0.496 e. The van der Waals surface area contributed by atoms with E-state index in [2.05, 4.69) is 4.98 Å². The van der Waals surface area contributed by atoms with E-state index >= 15 is 0 Å². The molecule has 0 radical (unpaired) electrons. The summed E-state index contributed by atoms with van der Waals surface area (Å²) in [5.74, 6) is 1.88. The number of rotatable bonds is 4. The number of H-pyrrole nitrogens is 1. The predicted octanol–water partition coefficient (Wildman–Crippen LogP) is 2.17. The first-order chi connectivity index (χ1) is 11.7. The summed E-state index contributed by atoms with van der Waals surface area (Å²) in [6.07, 6.45) is 1.81. The molecule has 1 aromatic carbocycles. The number of anilines is 2. The molecule has 0 unspecified atom stereocenters. The quantitative estimate of drug-likeness (QED) is 0.871. The maximum atomic E-state index is 12.3. The van der Waals surface area contributed by atoms with Gasteiger partial charge in [0.25, 0.3) is 5.91 Å². The molecule has 2 aliphatic heterocycles. The van der Waals surface area contributed by atoms with E-state index in [0.29, 0.717) is 29.5 Å². The van der Waals surface area contributed by atoms with Crippen LogP contribution in [0, 0.1) is 0 Å². The average Bonchev–Trinajstić information content (AvgIpc) is 3.12. The summed E-state index contributed by atoms with van der Waals surface area (Å²) in [5, 5.41) is 0. The van der Waals surface area contributed by atoms with Gasteiger partial charge >= 0.3 is 0 Å². The van der Waals surface area contributed by atoms with Gasteiger partial charge in [-0.1, -0.05) is 0 Å². The normalized spacial score (nSPS) is 15.5. The Morgan fingerprint density at radius 2 is 2.17 bits per heavy atom. The third-order valence-corrected chi connectivity index (χ3v) is 4.41. The number of likely N-dealkylation sites (tertiary alicyclic amines) is 1. The van der Waals surface area contributed by atoms with E-state index in [1.165, 1.54) is 7.11 Å². The zero-order valence-electron chi connectivity index (χ0n) is 13.2. The van der Waals surface area contributed by atoms with Crippen LogP contribution in [0.2, 0.25) is 0 Å². The van der Waals surface area contributed by atoms with Crippen molar-refractivity contribution in [1.29, 1.82) is 0 Å². The van der Waals surface area contributed by atoms with Crippen LogP contribution in [-0.2, 0) is 0 Å². The van der Waals surface area contributed by atoms with Crippen molar-refractivity contribution < 1.29 is 19.1 Å². The number of nitrogens with zero attached hydrogens (tertiary/aromatic N) is 2. The highest BCUT2D eigenvalue weighted by molar-refractivity contribution is 5.95. The summed E-state index contributed by atoms with van der Waals surface area (Å²) in [7, 11) is 1.52. The summed E-state index contributed by atoms with van der Waals surface area (Å²) in [6.45, 7) is 1.94. The number of aromatic amines is 1. The number of benzene rings is 1. The molecule has 1 fully saturated rings. The molecule has 1 N–H and O–H groups in total. The molecule has 0 spiro atoms. The average molecular weight is 327 g/mol. The first kappa shape index (κ1) is 14.6. The number of ether oxygens (including phenoxy) is 2. The van der Waals surface area contributed by atoms with E-state index in [0.717, 1.165) is 37.3 Å². The zero-order chi connectivity index (χ0) is 16.7. The number of fused-ring (bicyclic) bond motifs is 1. The molecule has 24 heavy (non-hydrogen) atoms. The molecule has 3 heterocycles. The highest BCUT2D eigenvalue weighted by Gasteiger charge is 2.30. The Balaban J connectivity index is 1.65. The Bertz CT molecular complexity index is 810. The van der Waals surface area contributed by atoms with Gasteiger partial charge in [-0.2, -0.15) is 0 Å². The van der Waals surface area contributed by atoms with Crippen molar-refractivity contribution in [2.45, 2.75) is 6.42 Å². The second-order valence-electron chi connectivity index (χ2n) is 5.79. The molecular weight excluding hydrogens is 310 g/mol. The summed E-state index contributed by atoms with van der Waals surface area (Å²) in [5.41, 5.74) is 1.84. The smallest absolute Gasteiger partial charge is 0.270 e. The molecule has 7 nitrogen and oxygen atoms in total. The monoisotopic (exact) mass is 327 g/mol. The number of methoxy groups -OCH3 is 1. The van der Waals surface area contributed by atoms with Crippen molar-refractivity contribution in [2.75, 3.05) is 31.8 Å². The third kappa shape index (κ3) is 2.20. The minimum Gasteiger partial charge on any atom is -0.496 e. The Hall–Kier alpha value is -2.96. The molecule has 0 aliphatic carbocycles. The predicted molar refractivity (Wildman–Crippen MR) is 87.3 cm³/mol. The summed E-state index contributed by atoms with van der Waals surface area (Å²) in [6, 6.07) is 7.05. The molecule has 0 saturated carbocycles. The molecule has 1 aromatic heterocycles. The lowest BCUT2D eigenvalue weighted by atomic mass is 10.2. The van der Waals surface area contributed by atoms with Crippen LogP contribution in [-0.4, -0.2) is 49.0 Å². The Kier molecular flexibility index (Phi) is 3.41. The van der Waals surface area contributed by atoms with Crippen molar-refractivity contribution in [3.8, 4) is 11.5 Å². The van der Waals surface area contributed by atoms with Crippen molar-refractivity contribution in [1.82, 2.24) is 9.88 Å². The molecule has 0 bridgehead atoms. The maximum absolute atomic E-state index is 12.3. The van der Waals surface area contributed by atoms with Gasteiger partial charge < -0.3 is 19.4 Å². The third-order valence-electron chi connectivity index (χ3n) is 4.41. The molecule has 1 amide bonds. The van der Waals surface area contributed by atoms with Gasteiger partial charge in [-0.05, 0) is 18.6 Å². The van der Waals surface area contributed by atoms with Crippen LogP contribution in [0.4, 0.5) is 11.5 Å². The van der Waals surface area contributed by atoms with Gasteiger partial charge in [0.1, 0.15) is 11.4 Å². The van der Waals surface area contributed by atoms with Crippen molar-refractivity contribution in [3.63, 3.8) is 0 Å². The lowest BCUT2D eigenvalue weighted by molar-refractivity contribution is 0.0646. The minimum absolute atomic E-state index is 0.00640. The molecule has 1 saturated heterocycles. The molecule has 2 aromatic rings. The van der Waals surface area contributed by atoms with Crippen LogP contribution in [0.5, 0.6) is 11.5 Å². The van der Waals surface area contributed by atoms with E-state index in [1.807, 2.05) is 11.0 Å². The molecule has 4 rings (SSSR count). The summed E-state index contributed by atoms with van der Waals surface area (Å²) < 4.78 is 10.9. The fourth-order valence-electron chi connectivity index (χ4n) is 2.91. The first-order valence-electron chi connectivity index (χ1n) is 7.77. The van der Waals surface area contributed by atoms with Crippen molar-refractivity contribution in [3.05, 3.63) is 35.5 Å². The lowest BCUT2D eigenvalue weighted by Crippen LogP contribution is -2.42. The highest BCUT2D eigenvalue weighted by atomic mass is 16.5. The minimum atomic E-state index is -0.00640. The van der Waals surface area contributed by atoms with E-state index in [9.17, 15) is 9.59 Å². The molecular formula is C17H17N3O4. The number of aldehydes is 1. The van der Waals surface area contributed by atoms with Gasteiger partial charge in [0.05, 0.1) is 12.7 Å². The zero-order valence-corrected chi connectivity index (χ0v) is 13.2. The fourth-order valence-corrected chi connectivity index (χ4v) is 2.91.